The maximum atomic E-state index is 12.6. The first-order valence-corrected chi connectivity index (χ1v) is 23.8. The number of nitrogens with zero attached hydrogens (tertiary/aromatic N) is 1. The van der Waals surface area contributed by atoms with E-state index in [1.165, 1.54) is 142 Å². The molecule has 0 aromatic carbocycles. The monoisotopic (exact) mass is 786 g/mol. The van der Waals surface area contributed by atoms with Gasteiger partial charge in [-0.25, -0.2) is 0 Å². The number of ether oxygens (including phenoxy) is 2. The number of unbranched alkanes of at least 4 members (excludes halogenated alkanes) is 20. The fourth-order valence-corrected chi connectivity index (χ4v) is 7.39. The van der Waals surface area contributed by atoms with Crippen LogP contribution >= 0.6 is 15.9 Å². The maximum absolute atomic E-state index is 12.6. The molecule has 51 heavy (non-hydrogen) atoms. The summed E-state index contributed by atoms with van der Waals surface area (Å²) in [7, 11) is 0. The number of esters is 2. The van der Waals surface area contributed by atoms with Gasteiger partial charge in [-0.15, -0.1) is 0 Å². The summed E-state index contributed by atoms with van der Waals surface area (Å²) in [5.74, 6) is 0.369. The highest BCUT2D eigenvalue weighted by molar-refractivity contribution is 9.09. The third-order valence-corrected chi connectivity index (χ3v) is 11.2. The molecule has 6 heteroatoms. The van der Waals surface area contributed by atoms with Crippen LogP contribution in [0.5, 0.6) is 0 Å². The second kappa shape index (κ2) is 40.6. The third-order valence-electron chi connectivity index (χ3n) is 10.6. The minimum atomic E-state index is 0.0647. The fourth-order valence-electron chi connectivity index (χ4n) is 7.14. The van der Waals surface area contributed by atoms with Gasteiger partial charge in [0, 0.05) is 5.33 Å². The van der Waals surface area contributed by atoms with Gasteiger partial charge in [-0.3, -0.25) is 9.59 Å². The molecule has 5 nitrogen and oxygen atoms in total. The Balaban J connectivity index is 3.91. The molecule has 2 unspecified atom stereocenters. The number of hydrogen-bond donors (Lipinski definition) is 0. The minimum absolute atomic E-state index is 0.0647. The number of alkyl halides is 1. The summed E-state index contributed by atoms with van der Waals surface area (Å²) < 4.78 is 11.4. The molecule has 0 spiro atoms. The summed E-state index contributed by atoms with van der Waals surface area (Å²) in [4.78, 5) is 28.0. The Kier molecular flexibility index (Phi) is 40.1. The van der Waals surface area contributed by atoms with Crippen LogP contribution in [0.15, 0.2) is 0 Å². The SMILES string of the molecule is CCCCCCC(CCCC)C(=O)OCCCCCCCCCN(CCCBr)CCCCCCCCCOC(=O)C(CCCC)CCCCCC. The zero-order valence-electron chi connectivity index (χ0n) is 34.8. The molecule has 0 aromatic heterocycles. The van der Waals surface area contributed by atoms with Crippen molar-refractivity contribution < 1.29 is 19.1 Å². The van der Waals surface area contributed by atoms with Gasteiger partial charge in [0.25, 0.3) is 0 Å². The molecule has 0 aromatic rings. The van der Waals surface area contributed by atoms with Gasteiger partial charge < -0.3 is 14.4 Å². The second-order valence-corrected chi connectivity index (χ2v) is 16.3. The van der Waals surface area contributed by atoms with Crippen molar-refractivity contribution in [3.05, 3.63) is 0 Å². The lowest BCUT2D eigenvalue weighted by Crippen LogP contribution is -2.27. The Bertz CT molecular complexity index is 679. The van der Waals surface area contributed by atoms with Crippen molar-refractivity contribution in [3.8, 4) is 0 Å². The molecule has 304 valence electrons. The van der Waals surface area contributed by atoms with Crippen LogP contribution in [0.25, 0.3) is 0 Å². The molecule has 0 heterocycles. The first-order valence-electron chi connectivity index (χ1n) is 22.6. The summed E-state index contributed by atoms with van der Waals surface area (Å²) in [5, 5.41) is 1.09. The molecule has 0 N–H and O–H groups in total. The Morgan fingerprint density at radius 1 is 0.412 bits per heavy atom. The van der Waals surface area contributed by atoms with E-state index >= 15 is 0 Å². The molecule has 0 fully saturated rings. The summed E-state index contributed by atoms with van der Waals surface area (Å²) in [5.41, 5.74) is 0. The number of rotatable bonds is 41. The molecule has 0 aliphatic rings. The van der Waals surface area contributed by atoms with E-state index in [2.05, 4.69) is 48.5 Å². The average Bonchev–Trinajstić information content (AvgIpc) is 3.14. The van der Waals surface area contributed by atoms with Gasteiger partial charge in [-0.1, -0.05) is 185 Å². The predicted octanol–water partition coefficient (Wildman–Crippen LogP) is 14.2. The average molecular weight is 787 g/mol. The van der Waals surface area contributed by atoms with E-state index in [4.69, 9.17) is 9.47 Å². The zero-order valence-corrected chi connectivity index (χ0v) is 36.4. The molecular weight excluding hydrogens is 698 g/mol. The topological polar surface area (TPSA) is 55.8 Å². The molecule has 0 aliphatic heterocycles. The van der Waals surface area contributed by atoms with E-state index in [1.54, 1.807) is 0 Å². The molecule has 0 saturated heterocycles. The van der Waals surface area contributed by atoms with E-state index in [0.29, 0.717) is 13.2 Å². The number of hydrogen-bond acceptors (Lipinski definition) is 5. The number of carbonyl (C=O) groups is 2. The van der Waals surface area contributed by atoms with Crippen LogP contribution in [0.2, 0.25) is 0 Å². The lowest BCUT2D eigenvalue weighted by Gasteiger charge is -2.22. The van der Waals surface area contributed by atoms with Crippen molar-refractivity contribution in [1.82, 2.24) is 4.90 Å². The number of halogens is 1. The molecule has 0 rings (SSSR count). The summed E-state index contributed by atoms with van der Waals surface area (Å²) in [6.45, 7) is 13.8. The zero-order chi connectivity index (χ0) is 37.5. The van der Waals surface area contributed by atoms with Crippen molar-refractivity contribution in [2.45, 2.75) is 227 Å². The maximum Gasteiger partial charge on any atom is 0.308 e. The van der Waals surface area contributed by atoms with Crippen LogP contribution in [0.4, 0.5) is 0 Å². The largest absolute Gasteiger partial charge is 0.465 e. The second-order valence-electron chi connectivity index (χ2n) is 15.5. The first kappa shape index (κ1) is 50.4. The highest BCUT2D eigenvalue weighted by Crippen LogP contribution is 2.21. The van der Waals surface area contributed by atoms with Crippen LogP contribution in [0, 0.1) is 11.8 Å². The van der Waals surface area contributed by atoms with Crippen LogP contribution in [0.1, 0.15) is 227 Å². The number of carbonyl (C=O) groups excluding carboxylic acids is 2. The minimum Gasteiger partial charge on any atom is -0.465 e. The molecule has 0 radical (unpaired) electrons. The van der Waals surface area contributed by atoms with Gasteiger partial charge in [0.2, 0.25) is 0 Å². The summed E-state index contributed by atoms with van der Waals surface area (Å²) >= 11 is 3.63. The Morgan fingerprint density at radius 2 is 0.725 bits per heavy atom. The van der Waals surface area contributed by atoms with E-state index < -0.39 is 0 Å². The van der Waals surface area contributed by atoms with Gasteiger partial charge in [0.05, 0.1) is 25.0 Å². The molecule has 0 aliphatic carbocycles. The van der Waals surface area contributed by atoms with E-state index in [1.807, 2.05) is 0 Å². The van der Waals surface area contributed by atoms with Crippen LogP contribution in [-0.4, -0.2) is 55.0 Å². The molecule has 0 amide bonds. The van der Waals surface area contributed by atoms with Crippen LogP contribution in [-0.2, 0) is 19.1 Å². The lowest BCUT2D eigenvalue weighted by atomic mass is 9.95. The van der Waals surface area contributed by atoms with E-state index in [9.17, 15) is 9.59 Å². The molecule has 2 atom stereocenters. The van der Waals surface area contributed by atoms with Crippen molar-refractivity contribution in [3.63, 3.8) is 0 Å². The quantitative estimate of drug-likeness (QED) is 0.0351. The van der Waals surface area contributed by atoms with Crippen LogP contribution < -0.4 is 0 Å². The van der Waals surface area contributed by atoms with Crippen molar-refractivity contribution in [2.75, 3.05) is 38.2 Å². The summed E-state index contributed by atoms with van der Waals surface area (Å²) in [6, 6.07) is 0. The fraction of sp³-hybridized carbons (Fsp3) is 0.956. The smallest absolute Gasteiger partial charge is 0.308 e. The molecule has 0 saturated carbocycles. The third kappa shape index (κ3) is 33.7. The highest BCUT2D eigenvalue weighted by Gasteiger charge is 2.20. The van der Waals surface area contributed by atoms with Crippen molar-refractivity contribution in [1.29, 1.82) is 0 Å². The van der Waals surface area contributed by atoms with E-state index in [0.717, 1.165) is 82.4 Å². The van der Waals surface area contributed by atoms with E-state index in [-0.39, 0.29) is 23.8 Å². The predicted molar refractivity (Wildman–Crippen MR) is 225 cm³/mol. The normalized spacial score (nSPS) is 12.7. The molecule has 0 bridgehead atoms. The first-order chi connectivity index (χ1) is 25.0. The van der Waals surface area contributed by atoms with Gasteiger partial charge in [0.1, 0.15) is 0 Å². The van der Waals surface area contributed by atoms with Gasteiger partial charge in [-0.2, -0.15) is 0 Å². The summed E-state index contributed by atoms with van der Waals surface area (Å²) in [6.07, 6.45) is 37.0. The van der Waals surface area contributed by atoms with Crippen molar-refractivity contribution in [2.24, 2.45) is 11.8 Å². The van der Waals surface area contributed by atoms with Gasteiger partial charge >= 0.3 is 11.9 Å². The van der Waals surface area contributed by atoms with Gasteiger partial charge in [0.15, 0.2) is 0 Å². The van der Waals surface area contributed by atoms with Crippen LogP contribution in [0.3, 0.4) is 0 Å². The molecular formula is C45H88BrNO4. The Hall–Kier alpha value is -0.620. The lowest BCUT2D eigenvalue weighted by molar-refractivity contribution is -0.150. The Morgan fingerprint density at radius 3 is 1.10 bits per heavy atom. The van der Waals surface area contributed by atoms with Gasteiger partial charge in [-0.05, 0) is 77.4 Å². The standard InChI is InChI=1S/C45H88BrNO4/c1-5-9-13-25-34-42(32-11-7-3)44(48)50-40-29-23-19-15-17-21-27-37-47(39-31-36-46)38-28-22-18-16-20-24-30-41-51-45(49)43(33-12-8-4)35-26-14-10-6-2/h42-43H,5-41H2,1-4H3. The highest BCUT2D eigenvalue weighted by atomic mass is 79.9. The van der Waals surface area contributed by atoms with Crippen molar-refractivity contribution >= 4 is 27.9 Å². The Labute approximate surface area is 327 Å².